The van der Waals surface area contributed by atoms with E-state index in [1.165, 1.54) is 19.2 Å². The molecule has 0 amide bonds. The summed E-state index contributed by atoms with van der Waals surface area (Å²) in [4.78, 5) is 0. The first kappa shape index (κ1) is 16.1. The predicted octanol–water partition coefficient (Wildman–Crippen LogP) is 3.26. The van der Waals surface area contributed by atoms with Gasteiger partial charge in [0.15, 0.2) is 11.6 Å². The van der Waals surface area contributed by atoms with Gasteiger partial charge in [0.05, 0.1) is 14.2 Å². The molecule has 1 atom stereocenters. The zero-order valence-electron chi connectivity index (χ0n) is 12.8. The van der Waals surface area contributed by atoms with Crippen LogP contribution in [-0.2, 0) is 0 Å². The van der Waals surface area contributed by atoms with Crippen LogP contribution in [0.5, 0.6) is 17.2 Å². The Labute approximate surface area is 129 Å². The number of aliphatic hydroxyl groups is 1. The molecule has 22 heavy (non-hydrogen) atoms. The Balaban J connectivity index is 2.01. The van der Waals surface area contributed by atoms with E-state index < -0.39 is 11.9 Å². The highest BCUT2D eigenvalue weighted by atomic mass is 19.1. The fourth-order valence-corrected chi connectivity index (χ4v) is 2.10. The molecule has 0 aliphatic rings. The van der Waals surface area contributed by atoms with Crippen LogP contribution in [0.2, 0.25) is 0 Å². The van der Waals surface area contributed by atoms with Crippen molar-refractivity contribution < 1.29 is 23.7 Å². The van der Waals surface area contributed by atoms with Crippen LogP contribution in [0.25, 0.3) is 0 Å². The number of benzene rings is 2. The highest BCUT2D eigenvalue weighted by Gasteiger charge is 2.12. The maximum Gasteiger partial charge on any atom is 0.165 e. The average Bonchev–Trinajstić information content (AvgIpc) is 2.52. The highest BCUT2D eigenvalue weighted by Crippen LogP contribution is 2.25. The van der Waals surface area contributed by atoms with Crippen LogP contribution in [0.4, 0.5) is 4.39 Å². The van der Waals surface area contributed by atoms with E-state index in [1.54, 1.807) is 25.3 Å². The molecule has 0 heterocycles. The fourth-order valence-electron chi connectivity index (χ4n) is 2.10. The monoisotopic (exact) mass is 306 g/mol. The van der Waals surface area contributed by atoms with Crippen LogP contribution >= 0.6 is 0 Å². The lowest BCUT2D eigenvalue weighted by Crippen LogP contribution is -2.10. The van der Waals surface area contributed by atoms with Crippen molar-refractivity contribution in [3.8, 4) is 17.2 Å². The fraction of sp³-hybridized carbons (Fsp3) is 0.294. The van der Waals surface area contributed by atoms with Gasteiger partial charge < -0.3 is 19.3 Å². The first-order chi connectivity index (χ1) is 10.5. The van der Waals surface area contributed by atoms with Gasteiger partial charge in [-0.2, -0.15) is 0 Å². The van der Waals surface area contributed by atoms with Crippen molar-refractivity contribution in [3.05, 3.63) is 53.3 Å². The summed E-state index contributed by atoms with van der Waals surface area (Å²) in [6.07, 6.45) is -0.928. The zero-order chi connectivity index (χ0) is 16.1. The summed E-state index contributed by atoms with van der Waals surface area (Å²) < 4.78 is 29.2. The number of hydrogen-bond acceptors (Lipinski definition) is 4. The van der Waals surface area contributed by atoms with Gasteiger partial charge in [0.2, 0.25) is 0 Å². The third-order valence-electron chi connectivity index (χ3n) is 3.33. The van der Waals surface area contributed by atoms with Crippen molar-refractivity contribution in [2.45, 2.75) is 13.0 Å². The second-order valence-corrected chi connectivity index (χ2v) is 4.85. The van der Waals surface area contributed by atoms with Crippen LogP contribution in [0, 0.1) is 12.7 Å². The molecule has 0 fully saturated rings. The van der Waals surface area contributed by atoms with Crippen molar-refractivity contribution in [1.82, 2.24) is 0 Å². The lowest BCUT2D eigenvalue weighted by atomic mass is 10.1. The SMILES string of the molecule is COc1ccc(OCC(O)c2ccc(OC)c(F)c2)cc1C. The van der Waals surface area contributed by atoms with E-state index in [2.05, 4.69) is 0 Å². The van der Waals surface area contributed by atoms with Crippen LogP contribution < -0.4 is 14.2 Å². The number of halogens is 1. The molecule has 0 saturated carbocycles. The van der Waals surface area contributed by atoms with Crippen LogP contribution in [0.3, 0.4) is 0 Å². The van der Waals surface area contributed by atoms with Gasteiger partial charge >= 0.3 is 0 Å². The lowest BCUT2D eigenvalue weighted by Gasteiger charge is -2.14. The van der Waals surface area contributed by atoms with Gasteiger partial charge in [-0.05, 0) is 48.4 Å². The first-order valence-corrected chi connectivity index (χ1v) is 6.84. The number of ether oxygens (including phenoxy) is 3. The molecule has 0 bridgehead atoms. The normalized spacial score (nSPS) is 11.9. The summed E-state index contributed by atoms with van der Waals surface area (Å²) in [5.74, 6) is 1.01. The van der Waals surface area contributed by atoms with E-state index in [9.17, 15) is 9.50 Å². The number of aliphatic hydroxyl groups excluding tert-OH is 1. The van der Waals surface area contributed by atoms with Gasteiger partial charge in [0.25, 0.3) is 0 Å². The van der Waals surface area contributed by atoms with Gasteiger partial charge in [-0.3, -0.25) is 0 Å². The lowest BCUT2D eigenvalue weighted by molar-refractivity contribution is 0.108. The average molecular weight is 306 g/mol. The van der Waals surface area contributed by atoms with Gasteiger partial charge in [-0.15, -0.1) is 0 Å². The molecule has 1 N–H and O–H groups in total. The number of rotatable bonds is 6. The highest BCUT2D eigenvalue weighted by molar-refractivity contribution is 5.39. The topological polar surface area (TPSA) is 47.9 Å². The van der Waals surface area contributed by atoms with Gasteiger partial charge in [-0.25, -0.2) is 4.39 Å². The standard InChI is InChI=1S/C17H19FO4/c1-11-8-13(5-7-16(11)20-2)22-10-15(19)12-4-6-17(21-3)14(18)9-12/h4-9,15,19H,10H2,1-3H3. The molecule has 1 unspecified atom stereocenters. The second kappa shape index (κ2) is 7.13. The Kier molecular flexibility index (Phi) is 5.22. The summed E-state index contributed by atoms with van der Waals surface area (Å²) in [7, 11) is 2.99. The quantitative estimate of drug-likeness (QED) is 0.890. The Bertz CT molecular complexity index is 643. The molecular weight excluding hydrogens is 287 g/mol. The minimum atomic E-state index is -0.928. The van der Waals surface area contributed by atoms with E-state index in [0.717, 1.165) is 11.3 Å². The Morgan fingerprint density at radius 3 is 2.32 bits per heavy atom. The molecular formula is C17H19FO4. The minimum absolute atomic E-state index is 0.0253. The number of methoxy groups -OCH3 is 2. The van der Waals surface area contributed by atoms with Crippen molar-refractivity contribution >= 4 is 0 Å². The maximum absolute atomic E-state index is 13.6. The van der Waals surface area contributed by atoms with Crippen LogP contribution in [0.1, 0.15) is 17.2 Å². The van der Waals surface area contributed by atoms with E-state index in [-0.39, 0.29) is 12.4 Å². The molecule has 0 aromatic heterocycles. The second-order valence-electron chi connectivity index (χ2n) is 4.85. The summed E-state index contributed by atoms with van der Waals surface area (Å²) in [5.41, 5.74) is 1.37. The maximum atomic E-state index is 13.6. The molecule has 0 aliphatic carbocycles. The molecule has 0 spiro atoms. The first-order valence-electron chi connectivity index (χ1n) is 6.84. The molecule has 0 saturated heterocycles. The largest absolute Gasteiger partial charge is 0.496 e. The smallest absolute Gasteiger partial charge is 0.165 e. The van der Waals surface area contributed by atoms with E-state index in [0.29, 0.717) is 11.3 Å². The molecule has 4 nitrogen and oxygen atoms in total. The van der Waals surface area contributed by atoms with Crippen molar-refractivity contribution in [1.29, 1.82) is 0 Å². The summed E-state index contributed by atoms with van der Waals surface area (Å²) in [6.45, 7) is 1.93. The van der Waals surface area contributed by atoms with E-state index in [1.807, 2.05) is 13.0 Å². The molecule has 2 aromatic rings. The third-order valence-corrected chi connectivity index (χ3v) is 3.33. The molecule has 5 heteroatoms. The number of hydrogen-bond donors (Lipinski definition) is 1. The summed E-state index contributed by atoms with van der Waals surface area (Å²) in [6, 6.07) is 9.70. The van der Waals surface area contributed by atoms with E-state index >= 15 is 0 Å². The van der Waals surface area contributed by atoms with Crippen LogP contribution in [0.15, 0.2) is 36.4 Å². The van der Waals surface area contributed by atoms with Crippen molar-refractivity contribution in [3.63, 3.8) is 0 Å². The van der Waals surface area contributed by atoms with Gasteiger partial charge in [-0.1, -0.05) is 6.07 Å². The van der Waals surface area contributed by atoms with Crippen molar-refractivity contribution in [2.75, 3.05) is 20.8 Å². The van der Waals surface area contributed by atoms with Gasteiger partial charge in [0.1, 0.15) is 24.2 Å². The zero-order valence-corrected chi connectivity index (χ0v) is 12.8. The van der Waals surface area contributed by atoms with Crippen LogP contribution in [-0.4, -0.2) is 25.9 Å². The number of aryl methyl sites for hydroxylation is 1. The minimum Gasteiger partial charge on any atom is -0.496 e. The molecule has 0 aliphatic heterocycles. The Morgan fingerprint density at radius 2 is 1.73 bits per heavy atom. The Hall–Kier alpha value is -2.27. The third kappa shape index (κ3) is 3.68. The summed E-state index contributed by atoms with van der Waals surface area (Å²) in [5, 5.41) is 10.1. The summed E-state index contributed by atoms with van der Waals surface area (Å²) >= 11 is 0. The molecule has 118 valence electrons. The molecule has 2 aromatic carbocycles. The molecule has 2 rings (SSSR count). The predicted molar refractivity (Wildman–Crippen MR) is 81.1 cm³/mol. The Morgan fingerprint density at radius 1 is 1.05 bits per heavy atom. The van der Waals surface area contributed by atoms with Crippen molar-refractivity contribution in [2.24, 2.45) is 0 Å². The van der Waals surface area contributed by atoms with E-state index in [4.69, 9.17) is 14.2 Å². The molecule has 0 radical (unpaired) electrons. The van der Waals surface area contributed by atoms with Gasteiger partial charge in [0, 0.05) is 0 Å².